The summed E-state index contributed by atoms with van der Waals surface area (Å²) in [5.74, 6) is -0.253. The topological polar surface area (TPSA) is 78.9 Å². The van der Waals surface area contributed by atoms with Crippen LogP contribution in [0.2, 0.25) is 0 Å². The zero-order valence-corrected chi connectivity index (χ0v) is 10.4. The lowest BCUT2D eigenvalue weighted by Crippen LogP contribution is -2.47. The van der Waals surface area contributed by atoms with Gasteiger partial charge in [-0.25, -0.2) is 13.1 Å². The number of nitrogens with one attached hydrogen (secondary N) is 1. The molecule has 0 aliphatic carbocycles. The summed E-state index contributed by atoms with van der Waals surface area (Å²) in [6.07, 6.45) is -0.0952. The van der Waals surface area contributed by atoms with Crippen LogP contribution in [0.4, 0.5) is 0 Å². The summed E-state index contributed by atoms with van der Waals surface area (Å²) in [4.78, 5) is 2.22. The Morgan fingerprint density at radius 2 is 2.31 bits per heavy atom. The van der Waals surface area contributed by atoms with Crippen LogP contribution in [0, 0.1) is 0 Å². The van der Waals surface area contributed by atoms with Gasteiger partial charge in [-0.05, 0) is 6.54 Å². The van der Waals surface area contributed by atoms with Crippen molar-refractivity contribution in [2.24, 2.45) is 0 Å². The van der Waals surface area contributed by atoms with Crippen molar-refractivity contribution in [2.45, 2.75) is 13.0 Å². The van der Waals surface area contributed by atoms with Crippen molar-refractivity contribution in [3.05, 3.63) is 0 Å². The zero-order valence-electron chi connectivity index (χ0n) is 9.55. The Morgan fingerprint density at radius 1 is 1.56 bits per heavy atom. The molecule has 96 valence electrons. The molecule has 1 heterocycles. The third kappa shape index (κ3) is 4.75. The molecule has 7 heteroatoms. The van der Waals surface area contributed by atoms with Crippen LogP contribution in [-0.2, 0) is 14.8 Å². The fourth-order valence-corrected chi connectivity index (χ4v) is 2.43. The maximum Gasteiger partial charge on any atom is 0.213 e. The van der Waals surface area contributed by atoms with E-state index >= 15 is 0 Å². The number of aliphatic hydroxyl groups is 1. The van der Waals surface area contributed by atoms with Gasteiger partial charge >= 0.3 is 0 Å². The molecule has 0 aromatic heterocycles. The van der Waals surface area contributed by atoms with E-state index in [1.165, 1.54) is 0 Å². The average Bonchev–Trinajstić information content (AvgIpc) is 2.27. The van der Waals surface area contributed by atoms with Gasteiger partial charge in [0.1, 0.15) is 0 Å². The molecule has 1 saturated heterocycles. The van der Waals surface area contributed by atoms with E-state index in [9.17, 15) is 8.42 Å². The minimum Gasteiger partial charge on any atom is -0.395 e. The maximum atomic E-state index is 11.3. The van der Waals surface area contributed by atoms with Gasteiger partial charge in [0, 0.05) is 19.6 Å². The number of morpholine rings is 1. The molecule has 2 N–H and O–H groups in total. The quantitative estimate of drug-likeness (QED) is 0.609. The molecule has 1 aliphatic heterocycles. The molecule has 6 nitrogen and oxygen atoms in total. The van der Waals surface area contributed by atoms with Crippen LogP contribution in [0.5, 0.6) is 0 Å². The number of sulfonamides is 1. The van der Waals surface area contributed by atoms with Crippen molar-refractivity contribution >= 4 is 10.0 Å². The van der Waals surface area contributed by atoms with Crippen LogP contribution in [0.3, 0.4) is 0 Å². The van der Waals surface area contributed by atoms with Gasteiger partial charge in [0.25, 0.3) is 0 Å². The Balaban J connectivity index is 2.32. The molecular weight excluding hydrogens is 232 g/mol. The molecule has 1 atom stereocenters. The maximum absolute atomic E-state index is 11.3. The van der Waals surface area contributed by atoms with Gasteiger partial charge in [0.2, 0.25) is 10.0 Å². The van der Waals surface area contributed by atoms with E-state index in [1.807, 2.05) is 0 Å². The minimum atomic E-state index is -3.35. The Kier molecular flexibility index (Phi) is 5.63. The highest BCUT2D eigenvalue weighted by atomic mass is 32.2. The molecular formula is C9H20N2O4S. The number of hydrogen-bond acceptors (Lipinski definition) is 5. The first kappa shape index (κ1) is 13.9. The SMILES string of the molecule is CCN1CCOC(CNS(=O)(=O)CCO)C1. The summed E-state index contributed by atoms with van der Waals surface area (Å²) in [5.41, 5.74) is 0. The molecule has 0 radical (unpaired) electrons. The van der Waals surface area contributed by atoms with E-state index in [0.29, 0.717) is 6.61 Å². The minimum absolute atomic E-state index is 0.0952. The first-order valence-electron chi connectivity index (χ1n) is 5.49. The lowest BCUT2D eigenvalue weighted by Gasteiger charge is -2.32. The van der Waals surface area contributed by atoms with Gasteiger partial charge in [-0.1, -0.05) is 6.92 Å². The van der Waals surface area contributed by atoms with E-state index in [2.05, 4.69) is 16.5 Å². The monoisotopic (exact) mass is 252 g/mol. The van der Waals surface area contributed by atoms with Crippen LogP contribution < -0.4 is 4.72 Å². The zero-order chi connectivity index (χ0) is 12.0. The smallest absolute Gasteiger partial charge is 0.213 e. The molecule has 0 bridgehead atoms. The first-order valence-corrected chi connectivity index (χ1v) is 7.14. The van der Waals surface area contributed by atoms with Crippen molar-refractivity contribution in [1.29, 1.82) is 0 Å². The van der Waals surface area contributed by atoms with Gasteiger partial charge in [-0.3, -0.25) is 4.90 Å². The number of nitrogens with zero attached hydrogens (tertiary/aromatic N) is 1. The summed E-state index contributed by atoms with van der Waals surface area (Å²) < 4.78 is 30.5. The second kappa shape index (κ2) is 6.51. The Hall–Kier alpha value is -0.210. The predicted octanol–water partition coefficient (Wildman–Crippen LogP) is -1.38. The van der Waals surface area contributed by atoms with Gasteiger partial charge in [-0.15, -0.1) is 0 Å². The molecule has 1 aliphatic rings. The highest BCUT2D eigenvalue weighted by Crippen LogP contribution is 2.04. The van der Waals surface area contributed by atoms with Gasteiger partial charge < -0.3 is 9.84 Å². The average molecular weight is 252 g/mol. The summed E-state index contributed by atoms with van der Waals surface area (Å²) in [6.45, 7) is 5.22. The Morgan fingerprint density at radius 3 is 2.94 bits per heavy atom. The number of likely N-dealkylation sites (N-methyl/N-ethyl adjacent to an activating group) is 1. The predicted molar refractivity (Wildman–Crippen MR) is 60.7 cm³/mol. The molecule has 0 saturated carbocycles. The van der Waals surface area contributed by atoms with Gasteiger partial charge in [0.05, 0.1) is 25.1 Å². The lowest BCUT2D eigenvalue weighted by molar-refractivity contribution is -0.0229. The van der Waals surface area contributed by atoms with E-state index in [4.69, 9.17) is 9.84 Å². The van der Waals surface area contributed by atoms with E-state index < -0.39 is 10.0 Å². The third-order valence-electron chi connectivity index (χ3n) is 2.56. The first-order chi connectivity index (χ1) is 7.57. The highest BCUT2D eigenvalue weighted by molar-refractivity contribution is 7.89. The molecule has 1 fully saturated rings. The van der Waals surface area contributed by atoms with E-state index in [0.717, 1.165) is 19.6 Å². The number of ether oxygens (including phenoxy) is 1. The van der Waals surface area contributed by atoms with Gasteiger partial charge in [0.15, 0.2) is 0 Å². The summed E-state index contributed by atoms with van der Waals surface area (Å²) in [5, 5.41) is 8.56. The van der Waals surface area contributed by atoms with Crippen LogP contribution in [0.1, 0.15) is 6.92 Å². The summed E-state index contributed by atoms with van der Waals surface area (Å²) >= 11 is 0. The fraction of sp³-hybridized carbons (Fsp3) is 1.00. The fourth-order valence-electron chi connectivity index (χ4n) is 1.60. The largest absolute Gasteiger partial charge is 0.395 e. The highest BCUT2D eigenvalue weighted by Gasteiger charge is 2.20. The number of aliphatic hydroxyl groups excluding tert-OH is 1. The molecule has 0 aromatic rings. The second-order valence-corrected chi connectivity index (χ2v) is 5.70. The van der Waals surface area contributed by atoms with Crippen molar-refractivity contribution in [1.82, 2.24) is 9.62 Å². The Bertz CT molecular complexity index is 294. The van der Waals surface area contributed by atoms with Crippen LogP contribution in [0.15, 0.2) is 0 Å². The standard InChI is InChI=1S/C9H20N2O4S/c1-2-11-3-5-15-9(8-11)7-10-16(13,14)6-4-12/h9-10,12H,2-8H2,1H3. The lowest BCUT2D eigenvalue weighted by atomic mass is 10.3. The van der Waals surface area contributed by atoms with Crippen molar-refractivity contribution in [3.63, 3.8) is 0 Å². The van der Waals surface area contributed by atoms with E-state index in [-0.39, 0.29) is 25.0 Å². The molecule has 0 aromatic carbocycles. The van der Waals surface area contributed by atoms with Crippen molar-refractivity contribution in [2.75, 3.05) is 45.1 Å². The number of rotatable bonds is 6. The van der Waals surface area contributed by atoms with Crippen molar-refractivity contribution in [3.8, 4) is 0 Å². The summed E-state index contributed by atoms with van der Waals surface area (Å²) in [6, 6.07) is 0. The number of hydrogen-bond donors (Lipinski definition) is 2. The van der Waals surface area contributed by atoms with Crippen LogP contribution >= 0.6 is 0 Å². The molecule has 16 heavy (non-hydrogen) atoms. The molecule has 1 rings (SSSR count). The summed E-state index contributed by atoms with van der Waals surface area (Å²) in [7, 11) is -3.35. The molecule has 1 unspecified atom stereocenters. The third-order valence-corrected chi connectivity index (χ3v) is 3.89. The van der Waals surface area contributed by atoms with Gasteiger partial charge in [-0.2, -0.15) is 0 Å². The van der Waals surface area contributed by atoms with Crippen molar-refractivity contribution < 1.29 is 18.3 Å². The van der Waals surface area contributed by atoms with Crippen LogP contribution in [0.25, 0.3) is 0 Å². The normalized spacial score (nSPS) is 23.5. The second-order valence-electron chi connectivity index (χ2n) is 3.78. The van der Waals surface area contributed by atoms with E-state index in [1.54, 1.807) is 0 Å². The molecule has 0 spiro atoms. The van der Waals surface area contributed by atoms with Crippen LogP contribution in [-0.4, -0.2) is 69.7 Å². The molecule has 0 amide bonds. The Labute approximate surface area is 96.6 Å².